The predicted octanol–water partition coefficient (Wildman–Crippen LogP) is -1.30. The van der Waals surface area contributed by atoms with E-state index < -0.39 is 49.1 Å². The number of hydrogen-bond acceptors (Lipinski definition) is 8. The van der Waals surface area contributed by atoms with Gasteiger partial charge in [-0.2, -0.15) is 0 Å². The molecule has 0 aliphatic rings. The lowest BCUT2D eigenvalue weighted by Crippen LogP contribution is -2.47. The van der Waals surface area contributed by atoms with Gasteiger partial charge in [-0.05, 0) is 0 Å². The molecular weight excluding hydrogens is 340 g/mol. The Labute approximate surface area is 133 Å². The number of hydrogen-bond donors (Lipinski definition) is 5. The lowest BCUT2D eigenvalue weighted by atomic mass is 10.2. The molecule has 22 heavy (non-hydrogen) atoms. The first-order valence-electron chi connectivity index (χ1n) is 5.78. The van der Waals surface area contributed by atoms with Gasteiger partial charge in [-0.25, -0.2) is 0 Å². The summed E-state index contributed by atoms with van der Waals surface area (Å²) in [5.74, 6) is -5.34. The van der Waals surface area contributed by atoms with Gasteiger partial charge in [0.25, 0.3) is 0 Å². The van der Waals surface area contributed by atoms with Crippen LogP contribution in [0.25, 0.3) is 0 Å². The molecule has 0 saturated carbocycles. The second-order valence-corrected chi connectivity index (χ2v) is 6.61. The third-order valence-electron chi connectivity index (χ3n) is 2.28. The summed E-state index contributed by atoms with van der Waals surface area (Å²) in [7, 11) is 2.00. The SMILES string of the molecule is NC(CSSC[C@@H](C(=O)O)N(CC(=O)O)CC(=O)O)C(=O)O. The molecule has 0 bridgehead atoms. The molecule has 0 radical (unpaired) electrons. The molecule has 0 rings (SSSR count). The van der Waals surface area contributed by atoms with Gasteiger partial charge in [0.2, 0.25) is 0 Å². The maximum absolute atomic E-state index is 11.2. The number of nitrogens with two attached hydrogens (primary N) is 1. The van der Waals surface area contributed by atoms with E-state index in [1.54, 1.807) is 0 Å². The fraction of sp³-hybridized carbons (Fsp3) is 0.600. The van der Waals surface area contributed by atoms with Crippen LogP contribution in [0.2, 0.25) is 0 Å². The van der Waals surface area contributed by atoms with Crippen LogP contribution in [0.5, 0.6) is 0 Å². The first-order chi connectivity index (χ1) is 10.1. The number of aliphatic carboxylic acids is 4. The molecule has 1 unspecified atom stereocenters. The zero-order chi connectivity index (χ0) is 17.3. The fourth-order valence-corrected chi connectivity index (χ4v) is 3.63. The van der Waals surface area contributed by atoms with Gasteiger partial charge in [-0.3, -0.25) is 24.1 Å². The van der Waals surface area contributed by atoms with Crippen molar-refractivity contribution in [3.63, 3.8) is 0 Å². The Morgan fingerprint density at radius 1 is 0.864 bits per heavy atom. The number of rotatable bonds is 12. The normalized spacial score (nSPS) is 13.5. The van der Waals surface area contributed by atoms with Crippen molar-refractivity contribution in [2.75, 3.05) is 24.6 Å². The van der Waals surface area contributed by atoms with Gasteiger partial charge in [0.05, 0.1) is 13.1 Å². The second-order valence-electron chi connectivity index (χ2n) is 4.06. The van der Waals surface area contributed by atoms with Crippen molar-refractivity contribution in [1.29, 1.82) is 0 Å². The Balaban J connectivity index is 4.59. The zero-order valence-corrected chi connectivity index (χ0v) is 12.9. The van der Waals surface area contributed by atoms with E-state index in [1.807, 2.05) is 0 Å². The van der Waals surface area contributed by atoms with Crippen LogP contribution in [0.15, 0.2) is 0 Å². The fourth-order valence-electron chi connectivity index (χ4n) is 1.26. The van der Waals surface area contributed by atoms with Gasteiger partial charge >= 0.3 is 23.9 Å². The van der Waals surface area contributed by atoms with E-state index >= 15 is 0 Å². The minimum absolute atomic E-state index is 0.0319. The quantitative estimate of drug-likeness (QED) is 0.206. The summed E-state index contributed by atoms with van der Waals surface area (Å²) in [5, 5.41) is 35.1. The number of carbonyl (C=O) groups is 4. The van der Waals surface area contributed by atoms with E-state index in [1.165, 1.54) is 0 Å². The highest BCUT2D eigenvalue weighted by molar-refractivity contribution is 8.76. The summed E-state index contributed by atoms with van der Waals surface area (Å²) in [4.78, 5) is 43.9. The lowest BCUT2D eigenvalue weighted by molar-refractivity contribution is -0.148. The van der Waals surface area contributed by atoms with E-state index in [2.05, 4.69) is 0 Å². The molecule has 0 aromatic rings. The summed E-state index contributed by atoms with van der Waals surface area (Å²) in [5.41, 5.74) is 5.27. The molecule has 0 aliphatic heterocycles. The Kier molecular flexibility index (Phi) is 9.56. The van der Waals surface area contributed by atoms with Crippen molar-refractivity contribution in [2.45, 2.75) is 12.1 Å². The van der Waals surface area contributed by atoms with Crippen LogP contribution in [0.4, 0.5) is 0 Å². The minimum Gasteiger partial charge on any atom is -0.480 e. The lowest BCUT2D eigenvalue weighted by Gasteiger charge is -2.25. The van der Waals surface area contributed by atoms with Crippen molar-refractivity contribution in [2.24, 2.45) is 5.73 Å². The Morgan fingerprint density at radius 3 is 1.68 bits per heavy atom. The first kappa shape index (κ1) is 20.5. The molecule has 0 amide bonds. The van der Waals surface area contributed by atoms with Gasteiger partial charge < -0.3 is 26.2 Å². The van der Waals surface area contributed by atoms with Crippen LogP contribution >= 0.6 is 21.6 Å². The van der Waals surface area contributed by atoms with Crippen molar-refractivity contribution in [1.82, 2.24) is 4.90 Å². The van der Waals surface area contributed by atoms with Gasteiger partial charge in [0.1, 0.15) is 12.1 Å². The van der Waals surface area contributed by atoms with Crippen LogP contribution in [0, 0.1) is 0 Å². The van der Waals surface area contributed by atoms with E-state index in [0.29, 0.717) is 0 Å². The molecule has 0 aromatic carbocycles. The highest BCUT2D eigenvalue weighted by atomic mass is 33.1. The molecule has 6 N–H and O–H groups in total. The Bertz CT molecular complexity index is 417. The molecule has 0 aromatic heterocycles. The van der Waals surface area contributed by atoms with Crippen molar-refractivity contribution in [3.05, 3.63) is 0 Å². The molecule has 0 aliphatic carbocycles. The van der Waals surface area contributed by atoms with Gasteiger partial charge in [0, 0.05) is 11.5 Å². The van der Waals surface area contributed by atoms with Crippen molar-refractivity contribution < 1.29 is 39.6 Å². The molecule has 2 atom stereocenters. The molecule has 0 heterocycles. The monoisotopic (exact) mass is 356 g/mol. The molecule has 0 fully saturated rings. The first-order valence-corrected chi connectivity index (χ1v) is 8.27. The second kappa shape index (κ2) is 10.3. The highest BCUT2D eigenvalue weighted by Gasteiger charge is 2.29. The average molecular weight is 356 g/mol. The number of carboxylic acid groups (broad SMARTS) is 4. The zero-order valence-electron chi connectivity index (χ0n) is 11.2. The smallest absolute Gasteiger partial charge is 0.321 e. The summed E-state index contributed by atoms with van der Waals surface area (Å²) < 4.78 is 0. The predicted molar refractivity (Wildman–Crippen MR) is 78.8 cm³/mol. The van der Waals surface area contributed by atoms with Crippen LogP contribution in [-0.4, -0.2) is 85.9 Å². The van der Waals surface area contributed by atoms with Crippen molar-refractivity contribution in [3.8, 4) is 0 Å². The maximum atomic E-state index is 11.2. The summed E-state index contributed by atoms with van der Waals surface area (Å²) in [6, 6.07) is -2.43. The molecule has 0 saturated heterocycles. The van der Waals surface area contributed by atoms with Gasteiger partial charge in [-0.15, -0.1) is 0 Å². The summed E-state index contributed by atoms with van der Waals surface area (Å²) >= 11 is 0. The third-order valence-corrected chi connectivity index (χ3v) is 4.71. The standard InChI is InChI=1S/C10H16N2O8S2/c11-5(9(17)18)3-21-22-4-6(10(19)20)12(1-7(13)14)2-8(15)16/h5-6H,1-4,11H2,(H,13,14)(H,15,16)(H,17,18)(H,19,20)/t5?,6-/m0/s1. The van der Waals surface area contributed by atoms with E-state index in [-0.39, 0.29) is 11.5 Å². The molecule has 10 nitrogen and oxygen atoms in total. The van der Waals surface area contributed by atoms with Crippen LogP contribution in [-0.2, 0) is 19.2 Å². The molecule has 0 spiro atoms. The molecular formula is C10H16N2O8S2. The molecule has 12 heteroatoms. The Hall–Kier alpha value is -1.50. The van der Waals surface area contributed by atoms with E-state index in [4.69, 9.17) is 26.2 Å². The van der Waals surface area contributed by atoms with Gasteiger partial charge in [0.15, 0.2) is 0 Å². The van der Waals surface area contributed by atoms with E-state index in [9.17, 15) is 19.2 Å². The highest BCUT2D eigenvalue weighted by Crippen LogP contribution is 2.24. The third kappa shape index (κ3) is 8.71. The largest absolute Gasteiger partial charge is 0.480 e. The topological polar surface area (TPSA) is 178 Å². The number of carboxylic acids is 4. The summed E-state index contributed by atoms with van der Waals surface area (Å²) in [6.45, 7) is -1.47. The number of nitrogens with zero attached hydrogens (tertiary/aromatic N) is 1. The van der Waals surface area contributed by atoms with Crippen LogP contribution in [0.1, 0.15) is 0 Å². The molecule has 126 valence electrons. The minimum atomic E-state index is -1.36. The summed E-state index contributed by atoms with van der Waals surface area (Å²) in [6.07, 6.45) is 0. The van der Waals surface area contributed by atoms with Gasteiger partial charge in [-0.1, -0.05) is 21.6 Å². The Morgan fingerprint density at radius 2 is 1.32 bits per heavy atom. The van der Waals surface area contributed by atoms with Crippen LogP contribution < -0.4 is 5.73 Å². The van der Waals surface area contributed by atoms with Crippen molar-refractivity contribution >= 4 is 45.5 Å². The average Bonchev–Trinajstić information content (AvgIpc) is 2.35. The maximum Gasteiger partial charge on any atom is 0.321 e. The van der Waals surface area contributed by atoms with Crippen LogP contribution in [0.3, 0.4) is 0 Å². The van der Waals surface area contributed by atoms with E-state index in [0.717, 1.165) is 26.5 Å².